The van der Waals surface area contributed by atoms with Crippen molar-refractivity contribution >= 4 is 15.8 Å². The summed E-state index contributed by atoms with van der Waals surface area (Å²) in [4.78, 5) is 4.58. The van der Waals surface area contributed by atoms with Crippen molar-refractivity contribution < 1.29 is 13.2 Å². The summed E-state index contributed by atoms with van der Waals surface area (Å²) < 4.78 is 28.7. The second-order valence-corrected chi connectivity index (χ2v) is 9.68. The molecule has 2 N–H and O–H groups in total. The number of benzene rings is 1. The van der Waals surface area contributed by atoms with E-state index in [4.69, 9.17) is 4.74 Å². The Kier molecular flexibility index (Phi) is 9.63. The molecule has 0 heterocycles. The lowest BCUT2D eigenvalue weighted by Crippen LogP contribution is -2.39. The second-order valence-electron chi connectivity index (χ2n) is 7.42. The summed E-state index contributed by atoms with van der Waals surface area (Å²) in [5.41, 5.74) is 2.16. The van der Waals surface area contributed by atoms with Gasteiger partial charge < -0.3 is 15.4 Å². The topological polar surface area (TPSA) is 79.8 Å². The Hall–Kier alpha value is -1.76. The largest absolute Gasteiger partial charge is 0.490 e. The standard InChI is InChI=1S/C20H35N3O3S/c1-7-21-20(22-10-11-27(6,24)25)23-14-18-9-8-16(4)13-19(18)26-17(5)12-15(2)3/h8-9,13,15,17H,7,10-12,14H2,1-6H3,(H2,21,22,23). The fourth-order valence-electron chi connectivity index (χ4n) is 2.69. The summed E-state index contributed by atoms with van der Waals surface area (Å²) in [6.45, 7) is 12.0. The van der Waals surface area contributed by atoms with Gasteiger partial charge in [0.05, 0.1) is 18.4 Å². The molecule has 0 saturated carbocycles. The van der Waals surface area contributed by atoms with Crippen LogP contribution in [0.15, 0.2) is 23.2 Å². The van der Waals surface area contributed by atoms with Crippen LogP contribution in [0.25, 0.3) is 0 Å². The Labute approximate surface area is 164 Å². The number of nitrogens with zero attached hydrogens (tertiary/aromatic N) is 1. The fraction of sp³-hybridized carbons (Fsp3) is 0.650. The van der Waals surface area contributed by atoms with Gasteiger partial charge in [0.1, 0.15) is 15.6 Å². The van der Waals surface area contributed by atoms with E-state index >= 15 is 0 Å². The number of sulfone groups is 1. The first kappa shape index (κ1) is 23.3. The molecular weight excluding hydrogens is 362 g/mol. The zero-order valence-electron chi connectivity index (χ0n) is 17.5. The van der Waals surface area contributed by atoms with Gasteiger partial charge in [-0.2, -0.15) is 0 Å². The molecular formula is C20H35N3O3S. The fourth-order valence-corrected chi connectivity index (χ4v) is 3.16. The van der Waals surface area contributed by atoms with Crippen LogP contribution in [0.1, 0.15) is 45.2 Å². The molecule has 1 unspecified atom stereocenters. The Morgan fingerprint density at radius 3 is 2.52 bits per heavy atom. The minimum absolute atomic E-state index is 0.0724. The predicted octanol–water partition coefficient (Wildman–Crippen LogP) is 2.91. The molecule has 154 valence electrons. The molecule has 0 radical (unpaired) electrons. The Morgan fingerprint density at radius 1 is 1.22 bits per heavy atom. The van der Waals surface area contributed by atoms with Crippen LogP contribution in [-0.4, -0.2) is 45.6 Å². The van der Waals surface area contributed by atoms with E-state index in [9.17, 15) is 8.42 Å². The highest BCUT2D eigenvalue weighted by Crippen LogP contribution is 2.24. The van der Waals surface area contributed by atoms with Crippen molar-refractivity contribution in [2.24, 2.45) is 10.9 Å². The van der Waals surface area contributed by atoms with Crippen molar-refractivity contribution in [1.82, 2.24) is 10.6 Å². The van der Waals surface area contributed by atoms with E-state index in [0.29, 0.717) is 31.5 Å². The van der Waals surface area contributed by atoms with E-state index in [0.717, 1.165) is 23.3 Å². The van der Waals surface area contributed by atoms with Crippen molar-refractivity contribution in [1.29, 1.82) is 0 Å². The zero-order valence-corrected chi connectivity index (χ0v) is 18.3. The normalized spacial score (nSPS) is 13.5. The second kappa shape index (κ2) is 11.2. The SMILES string of the molecule is CCNC(=NCc1ccc(C)cc1OC(C)CC(C)C)NCCS(C)(=O)=O. The molecule has 0 aliphatic carbocycles. The van der Waals surface area contributed by atoms with Gasteiger partial charge in [0, 0.05) is 24.9 Å². The molecule has 0 spiro atoms. The third-order valence-electron chi connectivity index (χ3n) is 3.87. The highest BCUT2D eigenvalue weighted by Gasteiger charge is 2.11. The quantitative estimate of drug-likeness (QED) is 0.469. The van der Waals surface area contributed by atoms with Crippen molar-refractivity contribution in [2.75, 3.05) is 25.1 Å². The molecule has 1 atom stereocenters. The summed E-state index contributed by atoms with van der Waals surface area (Å²) in [7, 11) is -3.00. The molecule has 0 aliphatic rings. The third-order valence-corrected chi connectivity index (χ3v) is 4.82. The van der Waals surface area contributed by atoms with Gasteiger partial charge >= 0.3 is 0 Å². The summed E-state index contributed by atoms with van der Waals surface area (Å²) in [5.74, 6) is 2.11. The van der Waals surface area contributed by atoms with Crippen LogP contribution in [0, 0.1) is 12.8 Å². The Balaban J connectivity index is 2.85. The van der Waals surface area contributed by atoms with E-state index in [1.165, 1.54) is 6.26 Å². The number of aryl methyl sites for hydroxylation is 1. The number of hydrogen-bond donors (Lipinski definition) is 2. The molecule has 0 amide bonds. The van der Waals surface area contributed by atoms with E-state index in [1.54, 1.807) is 0 Å². The number of ether oxygens (including phenoxy) is 1. The molecule has 1 aromatic carbocycles. The highest BCUT2D eigenvalue weighted by atomic mass is 32.2. The minimum Gasteiger partial charge on any atom is -0.490 e. The maximum Gasteiger partial charge on any atom is 0.191 e. The minimum atomic E-state index is -3.00. The van der Waals surface area contributed by atoms with Crippen molar-refractivity contribution in [3.63, 3.8) is 0 Å². The number of hydrogen-bond acceptors (Lipinski definition) is 4. The van der Waals surface area contributed by atoms with Crippen molar-refractivity contribution in [3.05, 3.63) is 29.3 Å². The summed E-state index contributed by atoms with van der Waals surface area (Å²) in [5, 5.41) is 6.20. The molecule has 27 heavy (non-hydrogen) atoms. The van der Waals surface area contributed by atoms with Gasteiger partial charge in [-0.05, 0) is 44.7 Å². The number of aliphatic imine (C=N–C) groups is 1. The maximum atomic E-state index is 11.3. The number of rotatable bonds is 10. The smallest absolute Gasteiger partial charge is 0.191 e. The van der Waals surface area contributed by atoms with Gasteiger partial charge in [-0.1, -0.05) is 26.0 Å². The summed E-state index contributed by atoms with van der Waals surface area (Å²) in [6, 6.07) is 6.14. The zero-order chi connectivity index (χ0) is 20.4. The van der Waals surface area contributed by atoms with Crippen LogP contribution >= 0.6 is 0 Å². The Bertz CT molecular complexity index is 715. The number of guanidine groups is 1. The molecule has 7 heteroatoms. The lowest BCUT2D eigenvalue weighted by Gasteiger charge is -2.19. The maximum absolute atomic E-state index is 11.3. The van der Waals surface area contributed by atoms with E-state index < -0.39 is 9.84 Å². The van der Waals surface area contributed by atoms with Gasteiger partial charge in [-0.25, -0.2) is 13.4 Å². The molecule has 1 rings (SSSR count). The monoisotopic (exact) mass is 397 g/mol. The van der Waals surface area contributed by atoms with Crippen molar-refractivity contribution in [3.8, 4) is 5.75 Å². The van der Waals surface area contributed by atoms with Crippen LogP contribution in [0.2, 0.25) is 0 Å². The van der Waals surface area contributed by atoms with Gasteiger partial charge in [0.15, 0.2) is 5.96 Å². The Morgan fingerprint density at radius 2 is 1.93 bits per heavy atom. The van der Waals surface area contributed by atoms with Gasteiger partial charge in [-0.3, -0.25) is 0 Å². The predicted molar refractivity (Wildman–Crippen MR) is 113 cm³/mol. The van der Waals surface area contributed by atoms with E-state index in [-0.39, 0.29) is 11.9 Å². The first-order valence-electron chi connectivity index (χ1n) is 9.56. The van der Waals surface area contributed by atoms with Crippen LogP contribution in [0.4, 0.5) is 0 Å². The van der Waals surface area contributed by atoms with Gasteiger partial charge in [0.2, 0.25) is 0 Å². The molecule has 1 aromatic rings. The molecule has 0 fully saturated rings. The first-order chi connectivity index (χ1) is 12.6. The van der Waals surface area contributed by atoms with Crippen LogP contribution in [0.5, 0.6) is 5.75 Å². The van der Waals surface area contributed by atoms with Gasteiger partial charge in [-0.15, -0.1) is 0 Å². The lowest BCUT2D eigenvalue weighted by atomic mass is 10.1. The lowest BCUT2D eigenvalue weighted by molar-refractivity contribution is 0.191. The summed E-state index contributed by atoms with van der Waals surface area (Å²) >= 11 is 0. The molecule has 0 aliphatic heterocycles. The number of nitrogens with one attached hydrogen (secondary N) is 2. The van der Waals surface area contributed by atoms with Crippen LogP contribution < -0.4 is 15.4 Å². The van der Waals surface area contributed by atoms with E-state index in [1.807, 2.05) is 26.0 Å². The highest BCUT2D eigenvalue weighted by molar-refractivity contribution is 7.90. The van der Waals surface area contributed by atoms with Crippen LogP contribution in [0.3, 0.4) is 0 Å². The average Bonchev–Trinajstić information content (AvgIpc) is 2.51. The summed E-state index contributed by atoms with van der Waals surface area (Å²) in [6.07, 6.45) is 2.36. The first-order valence-corrected chi connectivity index (χ1v) is 11.6. The third kappa shape index (κ3) is 10.2. The molecule has 6 nitrogen and oxygen atoms in total. The molecule has 0 saturated heterocycles. The molecule has 0 aromatic heterocycles. The average molecular weight is 398 g/mol. The molecule has 0 bridgehead atoms. The van der Waals surface area contributed by atoms with Crippen LogP contribution in [-0.2, 0) is 16.4 Å². The van der Waals surface area contributed by atoms with Gasteiger partial charge in [0.25, 0.3) is 0 Å². The van der Waals surface area contributed by atoms with E-state index in [2.05, 4.69) is 42.5 Å². The van der Waals surface area contributed by atoms with Crippen molar-refractivity contribution in [2.45, 2.75) is 53.7 Å².